The summed E-state index contributed by atoms with van der Waals surface area (Å²) in [6.45, 7) is 6.50. The summed E-state index contributed by atoms with van der Waals surface area (Å²) in [5, 5.41) is 0.987. The third kappa shape index (κ3) is 3.49. The molecule has 0 rings (SSSR count). The Bertz CT molecular complexity index is 97.0. The van der Waals surface area contributed by atoms with Crippen molar-refractivity contribution < 1.29 is 9.53 Å². The van der Waals surface area contributed by atoms with Gasteiger partial charge in [0.15, 0.2) is 0 Å². The summed E-state index contributed by atoms with van der Waals surface area (Å²) in [4.78, 5) is 10.2. The van der Waals surface area contributed by atoms with E-state index < -0.39 is 5.30 Å². The van der Waals surface area contributed by atoms with E-state index in [1.165, 1.54) is 5.41 Å². The summed E-state index contributed by atoms with van der Waals surface area (Å²) in [6.07, 6.45) is 1.08. The van der Waals surface area contributed by atoms with Gasteiger partial charge in [-0.25, -0.2) is 4.79 Å². The third-order valence-electron chi connectivity index (χ3n) is 0.359. The highest BCUT2D eigenvalue weighted by atomic mass is 32.2. The number of thioether (sulfide) groups is 1. The smallest absolute Gasteiger partial charge is 0.376 e. The molecule has 0 aromatic rings. The molecule has 0 saturated heterocycles. The fourth-order valence-electron chi connectivity index (χ4n) is 0.164. The minimum Gasteiger partial charge on any atom is -0.427 e. The van der Waals surface area contributed by atoms with Crippen molar-refractivity contribution in [3.05, 3.63) is 24.8 Å². The Morgan fingerprint density at radius 2 is 2.25 bits per heavy atom. The Hall–Kier alpha value is -0.700. The maximum absolute atomic E-state index is 10.2. The number of rotatable bonds is 2. The lowest BCUT2D eigenvalue weighted by atomic mass is 11.1. The van der Waals surface area contributed by atoms with Crippen molar-refractivity contribution in [2.45, 2.75) is 0 Å². The standard InChI is InChI=1S/C5H6O2S/c1-3-7-5(6)8-4-2/h3-4H,1-2H2. The molecule has 0 N–H and O–H groups in total. The molecule has 0 atom stereocenters. The van der Waals surface area contributed by atoms with Gasteiger partial charge in [0.05, 0.1) is 6.26 Å². The van der Waals surface area contributed by atoms with Crippen molar-refractivity contribution in [3.8, 4) is 0 Å². The predicted octanol–water partition coefficient (Wildman–Crippen LogP) is 2.14. The van der Waals surface area contributed by atoms with E-state index in [-0.39, 0.29) is 0 Å². The van der Waals surface area contributed by atoms with Gasteiger partial charge in [-0.2, -0.15) is 0 Å². The zero-order valence-corrected chi connectivity index (χ0v) is 5.11. The van der Waals surface area contributed by atoms with E-state index in [0.717, 1.165) is 18.0 Å². The highest BCUT2D eigenvalue weighted by Crippen LogP contribution is 2.04. The summed E-state index contributed by atoms with van der Waals surface area (Å²) in [6, 6.07) is 0. The Morgan fingerprint density at radius 1 is 1.62 bits per heavy atom. The van der Waals surface area contributed by atoms with Gasteiger partial charge < -0.3 is 4.74 Å². The zero-order valence-electron chi connectivity index (χ0n) is 4.29. The van der Waals surface area contributed by atoms with Crippen LogP contribution in [0.15, 0.2) is 24.8 Å². The topological polar surface area (TPSA) is 26.3 Å². The number of hydrogen-bond donors (Lipinski definition) is 0. The van der Waals surface area contributed by atoms with Gasteiger partial charge >= 0.3 is 5.30 Å². The van der Waals surface area contributed by atoms with Crippen LogP contribution in [0.3, 0.4) is 0 Å². The Kier molecular flexibility index (Phi) is 4.07. The largest absolute Gasteiger partial charge is 0.427 e. The van der Waals surface area contributed by atoms with Crippen LogP contribution in [0.4, 0.5) is 4.79 Å². The minimum absolute atomic E-state index is 0.407. The normalized spacial score (nSPS) is 7.50. The fourth-order valence-corrected chi connectivity index (χ4v) is 0.424. The predicted molar refractivity (Wildman–Crippen MR) is 34.5 cm³/mol. The van der Waals surface area contributed by atoms with E-state index in [0.29, 0.717) is 0 Å². The first-order chi connectivity index (χ1) is 3.81. The first kappa shape index (κ1) is 7.30. The maximum atomic E-state index is 10.2. The van der Waals surface area contributed by atoms with Crippen molar-refractivity contribution in [2.24, 2.45) is 0 Å². The van der Waals surface area contributed by atoms with Gasteiger partial charge in [-0.15, -0.1) is 0 Å². The van der Waals surface area contributed by atoms with Crippen LogP contribution in [0.25, 0.3) is 0 Å². The minimum atomic E-state index is -0.407. The summed E-state index contributed by atoms with van der Waals surface area (Å²) < 4.78 is 4.30. The second-order valence-electron chi connectivity index (χ2n) is 0.819. The molecule has 8 heavy (non-hydrogen) atoms. The van der Waals surface area contributed by atoms with Crippen molar-refractivity contribution in [1.29, 1.82) is 0 Å². The molecule has 0 heterocycles. The lowest BCUT2D eigenvalue weighted by Gasteiger charge is -1.88. The average Bonchev–Trinajstić information content (AvgIpc) is 1.68. The molecular weight excluding hydrogens is 124 g/mol. The fraction of sp³-hybridized carbons (Fsp3) is 0. The molecule has 44 valence electrons. The van der Waals surface area contributed by atoms with Gasteiger partial charge in [0, 0.05) is 0 Å². The molecule has 0 aliphatic rings. The van der Waals surface area contributed by atoms with E-state index in [1.54, 1.807) is 0 Å². The van der Waals surface area contributed by atoms with Gasteiger partial charge in [-0.1, -0.05) is 13.2 Å². The second kappa shape index (κ2) is 4.46. The molecule has 0 radical (unpaired) electrons. The SMILES string of the molecule is C=COC(=O)SC=C. The number of carbonyl (C=O) groups excluding carboxylic acids is 1. The van der Waals surface area contributed by atoms with Crippen LogP contribution >= 0.6 is 11.8 Å². The first-order valence-corrected chi connectivity index (χ1v) is 2.78. The van der Waals surface area contributed by atoms with Crippen molar-refractivity contribution >= 4 is 17.1 Å². The van der Waals surface area contributed by atoms with Crippen LogP contribution in [0, 0.1) is 0 Å². The van der Waals surface area contributed by atoms with E-state index in [2.05, 4.69) is 17.9 Å². The van der Waals surface area contributed by atoms with Crippen LogP contribution in [0.5, 0.6) is 0 Å². The highest BCUT2D eigenvalue weighted by molar-refractivity contribution is 8.15. The molecule has 0 bridgehead atoms. The highest BCUT2D eigenvalue weighted by Gasteiger charge is 1.93. The molecule has 0 fully saturated rings. The summed E-state index contributed by atoms with van der Waals surface area (Å²) in [5.74, 6) is 0. The van der Waals surface area contributed by atoms with E-state index in [9.17, 15) is 4.79 Å². The van der Waals surface area contributed by atoms with Crippen LogP contribution in [-0.2, 0) is 4.74 Å². The second-order valence-corrected chi connectivity index (χ2v) is 1.72. The quantitative estimate of drug-likeness (QED) is 0.423. The van der Waals surface area contributed by atoms with E-state index >= 15 is 0 Å². The van der Waals surface area contributed by atoms with Crippen molar-refractivity contribution in [3.63, 3.8) is 0 Å². The Morgan fingerprint density at radius 3 is 2.62 bits per heavy atom. The zero-order chi connectivity index (χ0) is 6.41. The molecule has 0 amide bonds. The van der Waals surface area contributed by atoms with Gasteiger partial charge in [0.25, 0.3) is 0 Å². The lowest BCUT2D eigenvalue weighted by molar-refractivity contribution is 0.214. The summed E-state index contributed by atoms with van der Waals surface area (Å²) in [7, 11) is 0. The first-order valence-electron chi connectivity index (χ1n) is 1.90. The molecule has 0 saturated carbocycles. The third-order valence-corrected chi connectivity index (χ3v) is 0.814. The Labute approximate surface area is 52.2 Å². The van der Waals surface area contributed by atoms with Gasteiger partial charge in [0.2, 0.25) is 0 Å². The Balaban J connectivity index is 3.32. The van der Waals surface area contributed by atoms with E-state index in [1.807, 2.05) is 0 Å². The molecule has 0 spiro atoms. The molecule has 0 aliphatic heterocycles. The number of hydrogen-bond acceptors (Lipinski definition) is 3. The maximum Gasteiger partial charge on any atom is 0.376 e. The molecular formula is C5H6O2S. The molecule has 0 aliphatic carbocycles. The van der Waals surface area contributed by atoms with Crippen LogP contribution in [-0.4, -0.2) is 5.30 Å². The van der Waals surface area contributed by atoms with Gasteiger partial charge in [-0.05, 0) is 17.2 Å². The van der Waals surface area contributed by atoms with Crippen molar-refractivity contribution in [1.82, 2.24) is 0 Å². The number of carbonyl (C=O) groups is 1. The van der Waals surface area contributed by atoms with E-state index in [4.69, 9.17) is 0 Å². The molecule has 0 aromatic carbocycles. The molecule has 2 nitrogen and oxygen atoms in total. The molecule has 0 aromatic heterocycles. The van der Waals surface area contributed by atoms with Crippen LogP contribution < -0.4 is 0 Å². The lowest BCUT2D eigenvalue weighted by Crippen LogP contribution is -1.84. The molecule has 0 unspecified atom stereocenters. The van der Waals surface area contributed by atoms with Crippen LogP contribution in [0.1, 0.15) is 0 Å². The monoisotopic (exact) mass is 130 g/mol. The van der Waals surface area contributed by atoms with Crippen molar-refractivity contribution in [2.75, 3.05) is 0 Å². The van der Waals surface area contributed by atoms with Gasteiger partial charge in [-0.3, -0.25) is 0 Å². The number of ether oxygens (including phenoxy) is 1. The summed E-state index contributed by atoms with van der Waals surface area (Å²) >= 11 is 0.887. The molecule has 3 heteroatoms. The average molecular weight is 130 g/mol. The van der Waals surface area contributed by atoms with Gasteiger partial charge in [0.1, 0.15) is 0 Å². The summed E-state index contributed by atoms with van der Waals surface area (Å²) in [5.41, 5.74) is 0. The van der Waals surface area contributed by atoms with Crippen LogP contribution in [0.2, 0.25) is 0 Å².